The number of hydrogen-bond donors (Lipinski definition) is 0. The summed E-state index contributed by atoms with van der Waals surface area (Å²) < 4.78 is 2.55. The fourth-order valence-corrected chi connectivity index (χ4v) is 3.96. The Morgan fingerprint density at radius 3 is 1.92 bits per heavy atom. The van der Waals surface area contributed by atoms with Gasteiger partial charge in [0.25, 0.3) is 0 Å². The first kappa shape index (κ1) is 18.5. The predicted molar refractivity (Wildman–Crippen MR) is 114 cm³/mol. The Labute approximate surface area is 158 Å². The summed E-state index contributed by atoms with van der Waals surface area (Å²) in [5, 5.41) is 0. The van der Waals surface area contributed by atoms with Gasteiger partial charge in [-0.2, -0.15) is 0 Å². The van der Waals surface area contributed by atoms with Crippen molar-refractivity contribution in [3.63, 3.8) is 0 Å². The molecule has 0 unspecified atom stereocenters. The molecule has 1 heteroatoms. The molecule has 0 saturated carbocycles. The van der Waals surface area contributed by atoms with E-state index in [1.807, 2.05) is 0 Å². The molecule has 0 aliphatic carbocycles. The molecular formula is C25H31N. The topological polar surface area (TPSA) is 4.93 Å². The van der Waals surface area contributed by atoms with Crippen molar-refractivity contribution in [2.24, 2.45) is 0 Å². The molecule has 3 rings (SSSR count). The summed E-state index contributed by atoms with van der Waals surface area (Å²) in [5.74, 6) is 0. The highest BCUT2D eigenvalue weighted by molar-refractivity contribution is 5.85. The summed E-state index contributed by atoms with van der Waals surface area (Å²) in [6, 6.07) is 21.9. The van der Waals surface area contributed by atoms with E-state index in [-0.39, 0.29) is 0 Å². The van der Waals surface area contributed by atoms with E-state index < -0.39 is 0 Å². The fourth-order valence-electron chi connectivity index (χ4n) is 3.96. The number of benzene rings is 2. The van der Waals surface area contributed by atoms with Gasteiger partial charge in [-0.3, -0.25) is 0 Å². The van der Waals surface area contributed by atoms with Gasteiger partial charge in [0.05, 0.1) is 5.69 Å². The summed E-state index contributed by atoms with van der Waals surface area (Å²) in [5.41, 5.74) is 8.49. The van der Waals surface area contributed by atoms with Gasteiger partial charge >= 0.3 is 0 Å². The minimum atomic E-state index is 1.07. The van der Waals surface area contributed by atoms with Crippen molar-refractivity contribution in [2.45, 2.75) is 59.4 Å². The molecule has 26 heavy (non-hydrogen) atoms. The quantitative estimate of drug-likeness (QED) is 0.378. The van der Waals surface area contributed by atoms with Crippen LogP contribution >= 0.6 is 0 Å². The number of aromatic nitrogens is 1. The molecule has 0 aliphatic rings. The van der Waals surface area contributed by atoms with Crippen molar-refractivity contribution in [2.75, 3.05) is 0 Å². The molecule has 2 aromatic carbocycles. The number of unbranched alkanes of at least 4 members (excludes halogenated alkanes) is 2. The highest BCUT2D eigenvalue weighted by Gasteiger charge is 2.21. The number of hydrogen-bond acceptors (Lipinski definition) is 0. The first-order valence-corrected chi connectivity index (χ1v) is 10.1. The maximum atomic E-state index is 2.55. The Kier molecular flexibility index (Phi) is 6.33. The highest BCUT2D eigenvalue weighted by Crippen LogP contribution is 2.40. The molecule has 0 fully saturated rings. The normalized spacial score (nSPS) is 11.0. The lowest BCUT2D eigenvalue weighted by atomic mass is 9.94. The van der Waals surface area contributed by atoms with Crippen LogP contribution in [0.25, 0.3) is 22.4 Å². The zero-order chi connectivity index (χ0) is 18.4. The highest BCUT2D eigenvalue weighted by atomic mass is 15.0. The van der Waals surface area contributed by atoms with Crippen LogP contribution in [0.3, 0.4) is 0 Å². The van der Waals surface area contributed by atoms with Crippen LogP contribution in [0, 0.1) is 6.92 Å². The third kappa shape index (κ3) is 3.77. The molecule has 1 aromatic heterocycles. The molecular weight excluding hydrogens is 314 g/mol. The number of rotatable bonds is 8. The molecule has 0 radical (unpaired) electrons. The molecule has 0 saturated heterocycles. The van der Waals surface area contributed by atoms with Crippen LogP contribution < -0.4 is 0 Å². The summed E-state index contributed by atoms with van der Waals surface area (Å²) in [7, 11) is 0. The Bertz CT molecular complexity index is 812. The summed E-state index contributed by atoms with van der Waals surface area (Å²) in [6.45, 7) is 7.94. The van der Waals surface area contributed by atoms with Gasteiger partial charge in [-0.1, -0.05) is 87.4 Å². The summed E-state index contributed by atoms with van der Waals surface area (Å²) in [4.78, 5) is 0. The van der Waals surface area contributed by atoms with Crippen LogP contribution in [-0.4, -0.2) is 4.57 Å². The van der Waals surface area contributed by atoms with Gasteiger partial charge in [0.1, 0.15) is 0 Å². The van der Waals surface area contributed by atoms with E-state index in [1.54, 1.807) is 0 Å². The minimum absolute atomic E-state index is 1.07. The third-order valence-electron chi connectivity index (χ3n) is 5.24. The predicted octanol–water partition coefficient (Wildman–Crippen LogP) is 7.27. The Morgan fingerprint density at radius 1 is 0.731 bits per heavy atom. The summed E-state index contributed by atoms with van der Waals surface area (Å²) >= 11 is 0. The van der Waals surface area contributed by atoms with Gasteiger partial charge in [-0.15, -0.1) is 0 Å². The second-order valence-corrected chi connectivity index (χ2v) is 7.13. The lowest BCUT2D eigenvalue weighted by molar-refractivity contribution is 0.662. The fraction of sp³-hybridized carbons (Fsp3) is 0.360. The van der Waals surface area contributed by atoms with Crippen LogP contribution in [0.5, 0.6) is 0 Å². The van der Waals surface area contributed by atoms with E-state index in [0.29, 0.717) is 0 Å². The van der Waals surface area contributed by atoms with E-state index >= 15 is 0 Å². The molecule has 0 spiro atoms. The summed E-state index contributed by atoms with van der Waals surface area (Å²) in [6.07, 6.45) is 6.15. The van der Waals surface area contributed by atoms with E-state index in [0.717, 1.165) is 13.0 Å². The van der Waals surface area contributed by atoms with E-state index in [1.165, 1.54) is 59.3 Å². The largest absolute Gasteiger partial charge is 0.344 e. The van der Waals surface area contributed by atoms with Crippen molar-refractivity contribution >= 4 is 0 Å². The van der Waals surface area contributed by atoms with Crippen molar-refractivity contribution in [1.29, 1.82) is 0 Å². The SMILES string of the molecule is CCCCCc1c(-c2ccccc2)c(-c2ccccc2)n(CCC)c1C. The molecule has 0 amide bonds. The average molecular weight is 346 g/mol. The van der Waals surface area contributed by atoms with Gasteiger partial charge in [-0.05, 0) is 42.9 Å². The van der Waals surface area contributed by atoms with Crippen LogP contribution in [0.1, 0.15) is 50.8 Å². The van der Waals surface area contributed by atoms with Crippen molar-refractivity contribution in [1.82, 2.24) is 4.57 Å². The molecule has 3 aromatic rings. The molecule has 1 heterocycles. The maximum Gasteiger partial charge on any atom is 0.0564 e. The molecule has 1 nitrogen and oxygen atoms in total. The van der Waals surface area contributed by atoms with Crippen LogP contribution in [0.15, 0.2) is 60.7 Å². The van der Waals surface area contributed by atoms with Crippen LogP contribution in [0.4, 0.5) is 0 Å². The third-order valence-corrected chi connectivity index (χ3v) is 5.24. The van der Waals surface area contributed by atoms with Crippen molar-refractivity contribution < 1.29 is 0 Å². The Balaban J connectivity index is 2.24. The Morgan fingerprint density at radius 2 is 1.35 bits per heavy atom. The van der Waals surface area contributed by atoms with Gasteiger partial charge in [0.15, 0.2) is 0 Å². The lowest BCUT2D eigenvalue weighted by Gasteiger charge is -2.13. The van der Waals surface area contributed by atoms with Gasteiger partial charge in [-0.25, -0.2) is 0 Å². The first-order chi connectivity index (χ1) is 12.8. The van der Waals surface area contributed by atoms with Crippen LogP contribution in [0.2, 0.25) is 0 Å². The zero-order valence-corrected chi connectivity index (χ0v) is 16.5. The van der Waals surface area contributed by atoms with E-state index in [2.05, 4.69) is 86.0 Å². The lowest BCUT2D eigenvalue weighted by Crippen LogP contribution is -2.02. The molecule has 136 valence electrons. The smallest absolute Gasteiger partial charge is 0.0564 e. The standard InChI is InChI=1S/C25H31N/c1-4-6-9-18-23-20(3)26(19-5-2)25(22-16-12-8-13-17-22)24(23)21-14-10-7-11-15-21/h7-8,10-17H,4-6,9,18-19H2,1-3H3. The van der Waals surface area contributed by atoms with Gasteiger partial charge in [0.2, 0.25) is 0 Å². The average Bonchev–Trinajstić information content (AvgIpc) is 2.96. The first-order valence-electron chi connectivity index (χ1n) is 10.1. The maximum absolute atomic E-state index is 2.55. The number of nitrogens with zero attached hydrogens (tertiary/aromatic N) is 1. The van der Waals surface area contributed by atoms with E-state index in [4.69, 9.17) is 0 Å². The molecule has 0 atom stereocenters. The minimum Gasteiger partial charge on any atom is -0.344 e. The second kappa shape index (κ2) is 8.89. The zero-order valence-electron chi connectivity index (χ0n) is 16.5. The monoisotopic (exact) mass is 345 g/mol. The molecule has 0 N–H and O–H groups in total. The Hall–Kier alpha value is -2.28. The second-order valence-electron chi connectivity index (χ2n) is 7.13. The van der Waals surface area contributed by atoms with Gasteiger partial charge in [0, 0.05) is 17.8 Å². The molecule has 0 aliphatic heterocycles. The van der Waals surface area contributed by atoms with Gasteiger partial charge < -0.3 is 4.57 Å². The van der Waals surface area contributed by atoms with Crippen LogP contribution in [-0.2, 0) is 13.0 Å². The van der Waals surface area contributed by atoms with Crippen molar-refractivity contribution in [3.8, 4) is 22.4 Å². The van der Waals surface area contributed by atoms with E-state index in [9.17, 15) is 0 Å². The van der Waals surface area contributed by atoms with Crippen molar-refractivity contribution in [3.05, 3.63) is 71.9 Å². The molecule has 0 bridgehead atoms.